The Morgan fingerprint density at radius 1 is 0.947 bits per heavy atom. The first-order chi connectivity index (χ1) is 9.19. The van der Waals surface area contributed by atoms with Crippen molar-refractivity contribution in [1.29, 1.82) is 0 Å². The fourth-order valence-corrected chi connectivity index (χ4v) is 2.45. The summed E-state index contributed by atoms with van der Waals surface area (Å²) in [6, 6.07) is 0. The van der Waals surface area contributed by atoms with Crippen molar-refractivity contribution in [3.63, 3.8) is 0 Å². The Balaban J connectivity index is 3.69. The molecule has 0 aliphatic rings. The van der Waals surface area contributed by atoms with Crippen molar-refractivity contribution in [2.24, 2.45) is 11.1 Å². The van der Waals surface area contributed by atoms with Crippen LogP contribution < -0.4 is 0 Å². The van der Waals surface area contributed by atoms with Crippen LogP contribution in [0.1, 0.15) is 85.0 Å². The number of unbranched alkanes of at least 4 members (excludes halogenated alkanes) is 3. The molecule has 0 aromatic rings. The van der Waals surface area contributed by atoms with Crippen LogP contribution in [0, 0.1) is 5.92 Å². The monoisotopic (exact) mass is 271 g/mol. The van der Waals surface area contributed by atoms with Crippen LogP contribution in [0.2, 0.25) is 0 Å². The van der Waals surface area contributed by atoms with Crippen LogP contribution in [0.15, 0.2) is 5.16 Å². The molecule has 0 aromatic carbocycles. The van der Waals surface area contributed by atoms with E-state index in [1.54, 1.807) is 0 Å². The number of hydrogen-bond acceptors (Lipinski definition) is 3. The molecule has 0 aromatic heterocycles. The van der Waals surface area contributed by atoms with E-state index in [-0.39, 0.29) is 0 Å². The molecule has 114 valence electrons. The van der Waals surface area contributed by atoms with Crippen LogP contribution >= 0.6 is 0 Å². The van der Waals surface area contributed by atoms with Gasteiger partial charge in [-0.3, -0.25) is 0 Å². The van der Waals surface area contributed by atoms with Crippen LogP contribution in [0.3, 0.4) is 0 Å². The van der Waals surface area contributed by atoms with Gasteiger partial charge in [0.15, 0.2) is 0 Å². The van der Waals surface area contributed by atoms with Crippen molar-refractivity contribution in [2.75, 3.05) is 0 Å². The van der Waals surface area contributed by atoms with Crippen molar-refractivity contribution in [3.8, 4) is 0 Å². The fraction of sp³-hybridized carbons (Fsp3) is 0.938. The molecular weight excluding hydrogens is 238 g/mol. The first-order valence-electron chi connectivity index (χ1n) is 8.08. The largest absolute Gasteiger partial charge is 0.411 e. The molecule has 0 aliphatic carbocycles. The molecule has 0 aliphatic heterocycles. The van der Waals surface area contributed by atoms with E-state index in [2.05, 4.69) is 25.9 Å². The minimum absolute atomic E-state index is 0.551. The Morgan fingerprint density at radius 3 is 2.11 bits per heavy atom. The van der Waals surface area contributed by atoms with Gasteiger partial charge in [0.25, 0.3) is 0 Å². The third-order valence-electron chi connectivity index (χ3n) is 4.04. The lowest BCUT2D eigenvalue weighted by molar-refractivity contribution is 0.212. The molecular formula is C16H33NO2. The summed E-state index contributed by atoms with van der Waals surface area (Å²) in [6.07, 6.45) is 10.2. The minimum atomic E-state index is -0.551. The van der Waals surface area contributed by atoms with Crippen molar-refractivity contribution >= 4 is 5.71 Å². The van der Waals surface area contributed by atoms with Crippen LogP contribution in [0.4, 0.5) is 0 Å². The van der Waals surface area contributed by atoms with Gasteiger partial charge in [-0.1, -0.05) is 70.9 Å². The second kappa shape index (κ2) is 12.5. The molecule has 1 unspecified atom stereocenters. The average molecular weight is 271 g/mol. The summed E-state index contributed by atoms with van der Waals surface area (Å²) >= 11 is 0. The van der Waals surface area contributed by atoms with E-state index in [0.29, 0.717) is 12.1 Å². The molecule has 0 bridgehead atoms. The normalized spacial score (nSPS) is 14.1. The number of aliphatic hydroxyl groups excluding tert-OH is 1. The molecule has 3 nitrogen and oxygen atoms in total. The highest BCUT2D eigenvalue weighted by Gasteiger charge is 2.12. The first kappa shape index (κ1) is 18.4. The van der Waals surface area contributed by atoms with Gasteiger partial charge in [0.1, 0.15) is 0 Å². The zero-order valence-electron chi connectivity index (χ0n) is 13.1. The number of rotatable bonds is 12. The Morgan fingerprint density at radius 2 is 1.58 bits per heavy atom. The van der Waals surface area contributed by atoms with Crippen molar-refractivity contribution < 1.29 is 10.3 Å². The summed E-state index contributed by atoms with van der Waals surface area (Å²) in [4.78, 5) is 0. The lowest BCUT2D eigenvalue weighted by atomic mass is 9.95. The zero-order chi connectivity index (χ0) is 14.5. The Labute approximate surface area is 119 Å². The highest BCUT2D eigenvalue weighted by molar-refractivity contribution is 5.87. The van der Waals surface area contributed by atoms with Crippen molar-refractivity contribution in [3.05, 3.63) is 0 Å². The molecule has 0 amide bonds. The molecule has 0 heterocycles. The van der Waals surface area contributed by atoms with Gasteiger partial charge in [-0.15, -0.1) is 0 Å². The van der Waals surface area contributed by atoms with Gasteiger partial charge >= 0.3 is 0 Å². The second-order valence-electron chi connectivity index (χ2n) is 5.53. The van der Waals surface area contributed by atoms with E-state index in [9.17, 15) is 5.11 Å². The topological polar surface area (TPSA) is 52.8 Å². The Bertz CT molecular complexity index is 225. The second-order valence-corrected chi connectivity index (χ2v) is 5.53. The summed E-state index contributed by atoms with van der Waals surface area (Å²) in [7, 11) is 0. The quantitative estimate of drug-likeness (QED) is 0.233. The van der Waals surface area contributed by atoms with Crippen molar-refractivity contribution in [2.45, 2.75) is 91.1 Å². The maximum Gasteiger partial charge on any atom is 0.0954 e. The standard InChI is InChI=1S/C16H33NO2/c1-4-7-12-15(17-19)16(18)13-10-8-9-11-14(5-2)6-3/h14,16,18-19H,4-13H2,1-3H3. The van der Waals surface area contributed by atoms with Crippen LogP contribution in [0.25, 0.3) is 0 Å². The number of oxime groups is 1. The van der Waals surface area contributed by atoms with Crippen LogP contribution in [0.5, 0.6) is 0 Å². The van der Waals surface area contributed by atoms with E-state index < -0.39 is 6.10 Å². The molecule has 2 N–H and O–H groups in total. The van der Waals surface area contributed by atoms with Gasteiger partial charge in [0.05, 0.1) is 11.8 Å². The predicted octanol–water partition coefficient (Wildman–Crippen LogP) is 4.75. The summed E-state index contributed by atoms with van der Waals surface area (Å²) in [5, 5.41) is 22.1. The third-order valence-corrected chi connectivity index (χ3v) is 4.04. The van der Waals surface area contributed by atoms with Gasteiger partial charge in [-0.2, -0.15) is 0 Å². The SMILES string of the molecule is CCCCC(=NO)C(O)CCCCCC(CC)CC. The molecule has 19 heavy (non-hydrogen) atoms. The predicted molar refractivity (Wildman–Crippen MR) is 81.9 cm³/mol. The van der Waals surface area contributed by atoms with Crippen molar-refractivity contribution in [1.82, 2.24) is 0 Å². The van der Waals surface area contributed by atoms with E-state index in [1.807, 2.05) is 0 Å². The van der Waals surface area contributed by atoms with E-state index in [1.165, 1.54) is 32.1 Å². The van der Waals surface area contributed by atoms with Crippen LogP contribution in [-0.2, 0) is 0 Å². The zero-order valence-corrected chi connectivity index (χ0v) is 13.1. The minimum Gasteiger partial charge on any atom is -0.411 e. The van der Waals surface area contributed by atoms with Gasteiger partial charge < -0.3 is 10.3 Å². The highest BCUT2D eigenvalue weighted by Crippen LogP contribution is 2.18. The maximum atomic E-state index is 9.95. The molecule has 0 spiro atoms. The van der Waals surface area contributed by atoms with Gasteiger partial charge in [0, 0.05) is 0 Å². The molecule has 0 saturated heterocycles. The fourth-order valence-electron chi connectivity index (χ4n) is 2.45. The summed E-state index contributed by atoms with van der Waals surface area (Å²) in [6.45, 7) is 6.62. The lowest BCUT2D eigenvalue weighted by Crippen LogP contribution is -2.20. The maximum absolute atomic E-state index is 9.95. The third kappa shape index (κ3) is 9.04. The molecule has 0 saturated carbocycles. The van der Waals surface area contributed by atoms with Gasteiger partial charge in [-0.25, -0.2) is 0 Å². The molecule has 0 rings (SSSR count). The van der Waals surface area contributed by atoms with Crippen LogP contribution in [-0.4, -0.2) is 22.1 Å². The molecule has 0 radical (unpaired) electrons. The van der Waals surface area contributed by atoms with E-state index in [0.717, 1.165) is 31.6 Å². The molecule has 0 fully saturated rings. The first-order valence-corrected chi connectivity index (χ1v) is 8.08. The number of nitrogens with zero attached hydrogens (tertiary/aromatic N) is 1. The Hall–Kier alpha value is -0.570. The lowest BCUT2D eigenvalue weighted by Gasteiger charge is -2.13. The summed E-state index contributed by atoms with van der Waals surface area (Å²) < 4.78 is 0. The highest BCUT2D eigenvalue weighted by atomic mass is 16.4. The van der Waals surface area contributed by atoms with Gasteiger partial charge in [-0.05, 0) is 25.2 Å². The Kier molecular flexibility index (Phi) is 12.1. The average Bonchev–Trinajstić information content (AvgIpc) is 2.43. The smallest absolute Gasteiger partial charge is 0.0954 e. The summed E-state index contributed by atoms with van der Waals surface area (Å²) in [5.74, 6) is 0.865. The van der Waals surface area contributed by atoms with E-state index >= 15 is 0 Å². The number of hydrogen-bond donors (Lipinski definition) is 2. The summed E-state index contributed by atoms with van der Waals surface area (Å²) in [5.41, 5.74) is 0.557. The molecule has 1 atom stereocenters. The number of aliphatic hydroxyl groups is 1. The van der Waals surface area contributed by atoms with E-state index in [4.69, 9.17) is 5.21 Å². The van der Waals surface area contributed by atoms with Gasteiger partial charge in [0.2, 0.25) is 0 Å². The molecule has 3 heteroatoms.